The molecule has 31 heavy (non-hydrogen) atoms. The van der Waals surface area contributed by atoms with Gasteiger partial charge >= 0.3 is 6.18 Å². The number of aromatic nitrogens is 3. The molecule has 2 aromatic heterocycles. The van der Waals surface area contributed by atoms with Gasteiger partial charge in [-0.15, -0.1) is 22.0 Å². The minimum Gasteiger partial charge on any atom is -0.354 e. The fourth-order valence-electron chi connectivity index (χ4n) is 3.34. The molecule has 1 fully saturated rings. The standard InChI is InChI=1S/C19H20F5N5OS/c1-11-14(17(30)26-12-4-7-25-13(10-12)31-2)16(28-27-15(11)19(22,23)24)29-8-3-5-18(20,21)6-9-29/h4,7,10H,3,5-6,8-9H2,1-2H3,(H,25,26,30). The molecule has 1 saturated heterocycles. The first-order chi connectivity index (χ1) is 14.5. The van der Waals surface area contributed by atoms with Crippen LogP contribution in [0.15, 0.2) is 23.4 Å². The van der Waals surface area contributed by atoms with Crippen LogP contribution in [-0.2, 0) is 6.18 Å². The highest BCUT2D eigenvalue weighted by Crippen LogP contribution is 2.36. The average molecular weight is 461 g/mol. The molecule has 2 aromatic rings. The van der Waals surface area contributed by atoms with Gasteiger partial charge in [0.1, 0.15) is 0 Å². The third-order valence-electron chi connectivity index (χ3n) is 4.91. The summed E-state index contributed by atoms with van der Waals surface area (Å²) >= 11 is 1.33. The highest BCUT2D eigenvalue weighted by molar-refractivity contribution is 7.98. The van der Waals surface area contributed by atoms with Crippen LogP contribution >= 0.6 is 11.8 Å². The maximum atomic E-state index is 13.8. The van der Waals surface area contributed by atoms with Gasteiger partial charge in [-0.3, -0.25) is 4.79 Å². The third kappa shape index (κ3) is 5.41. The summed E-state index contributed by atoms with van der Waals surface area (Å²) in [6.07, 6.45) is -2.30. The van der Waals surface area contributed by atoms with Crippen molar-refractivity contribution < 1.29 is 26.7 Å². The monoisotopic (exact) mass is 461 g/mol. The molecule has 0 radical (unpaired) electrons. The number of pyridine rings is 1. The summed E-state index contributed by atoms with van der Waals surface area (Å²) in [7, 11) is 0. The molecule has 3 rings (SSSR count). The molecule has 0 aromatic carbocycles. The van der Waals surface area contributed by atoms with Crippen molar-refractivity contribution in [2.45, 2.75) is 43.3 Å². The maximum absolute atomic E-state index is 13.8. The van der Waals surface area contributed by atoms with Crippen LogP contribution in [-0.4, -0.2) is 46.4 Å². The van der Waals surface area contributed by atoms with Gasteiger partial charge in [-0.2, -0.15) is 13.2 Å². The molecule has 3 heterocycles. The lowest BCUT2D eigenvalue weighted by Gasteiger charge is -2.25. The number of alkyl halides is 5. The first kappa shape index (κ1) is 23.2. The molecule has 0 spiro atoms. The number of anilines is 2. The fourth-order valence-corrected chi connectivity index (χ4v) is 3.75. The minimum atomic E-state index is -4.82. The van der Waals surface area contributed by atoms with Crippen molar-refractivity contribution >= 4 is 29.2 Å². The summed E-state index contributed by atoms with van der Waals surface area (Å²) in [5.41, 5.74) is -1.70. The van der Waals surface area contributed by atoms with Crippen molar-refractivity contribution in [1.82, 2.24) is 15.2 Å². The predicted octanol–water partition coefficient (Wildman–Crippen LogP) is 4.80. The van der Waals surface area contributed by atoms with Crippen molar-refractivity contribution in [1.29, 1.82) is 0 Å². The van der Waals surface area contributed by atoms with Gasteiger partial charge in [0.15, 0.2) is 11.5 Å². The second-order valence-corrected chi connectivity index (χ2v) is 7.93. The van der Waals surface area contributed by atoms with Crippen molar-refractivity contribution in [3.63, 3.8) is 0 Å². The largest absolute Gasteiger partial charge is 0.435 e. The van der Waals surface area contributed by atoms with E-state index in [1.165, 1.54) is 28.9 Å². The number of thioether (sulfide) groups is 1. The van der Waals surface area contributed by atoms with Crippen LogP contribution in [0, 0.1) is 6.92 Å². The quantitative estimate of drug-likeness (QED) is 0.521. The van der Waals surface area contributed by atoms with Crippen LogP contribution in [0.2, 0.25) is 0 Å². The smallest absolute Gasteiger partial charge is 0.354 e. The Balaban J connectivity index is 2.03. The Hall–Kier alpha value is -2.50. The molecule has 12 heteroatoms. The van der Waals surface area contributed by atoms with Crippen molar-refractivity contribution in [2.24, 2.45) is 0 Å². The van der Waals surface area contributed by atoms with Crippen LogP contribution < -0.4 is 10.2 Å². The number of carbonyl (C=O) groups is 1. The molecule has 1 aliphatic heterocycles. The molecule has 0 unspecified atom stereocenters. The van der Waals surface area contributed by atoms with E-state index in [0.29, 0.717) is 10.7 Å². The third-order valence-corrected chi connectivity index (χ3v) is 5.56. The van der Waals surface area contributed by atoms with Gasteiger partial charge in [-0.25, -0.2) is 13.8 Å². The minimum absolute atomic E-state index is 0.108. The van der Waals surface area contributed by atoms with E-state index in [-0.39, 0.29) is 37.3 Å². The lowest BCUT2D eigenvalue weighted by atomic mass is 10.1. The molecular formula is C19H20F5N5OS. The zero-order chi connectivity index (χ0) is 22.8. The molecule has 6 nitrogen and oxygen atoms in total. The second-order valence-electron chi connectivity index (χ2n) is 7.11. The van der Waals surface area contributed by atoms with Gasteiger partial charge in [0.25, 0.3) is 5.91 Å². The van der Waals surface area contributed by atoms with Crippen LogP contribution in [0.5, 0.6) is 0 Å². The number of nitrogens with one attached hydrogen (secondary N) is 1. The van der Waals surface area contributed by atoms with Crippen molar-refractivity contribution in [3.05, 3.63) is 35.2 Å². The summed E-state index contributed by atoms with van der Waals surface area (Å²) in [4.78, 5) is 18.5. The average Bonchev–Trinajstić information content (AvgIpc) is 2.87. The highest BCUT2D eigenvalue weighted by atomic mass is 32.2. The van der Waals surface area contributed by atoms with Gasteiger partial charge in [0.2, 0.25) is 5.92 Å². The molecule has 1 amide bonds. The Bertz CT molecular complexity index is 969. The van der Waals surface area contributed by atoms with Crippen molar-refractivity contribution in [2.75, 3.05) is 29.6 Å². The van der Waals surface area contributed by atoms with E-state index in [1.54, 1.807) is 12.3 Å². The fraction of sp³-hybridized carbons (Fsp3) is 0.474. The van der Waals surface area contributed by atoms with E-state index in [2.05, 4.69) is 20.5 Å². The Morgan fingerprint density at radius 1 is 1.23 bits per heavy atom. The Labute approximate surface area is 179 Å². The first-order valence-corrected chi connectivity index (χ1v) is 10.6. The molecule has 0 bridgehead atoms. The molecule has 0 saturated carbocycles. The summed E-state index contributed by atoms with van der Waals surface area (Å²) in [5, 5.41) is 10.1. The molecule has 1 N–H and O–H groups in total. The molecule has 0 atom stereocenters. The van der Waals surface area contributed by atoms with E-state index in [9.17, 15) is 26.7 Å². The normalized spacial score (nSPS) is 16.7. The van der Waals surface area contributed by atoms with Gasteiger partial charge in [0, 0.05) is 37.8 Å². The summed E-state index contributed by atoms with van der Waals surface area (Å²) in [6, 6.07) is 3.07. The Morgan fingerprint density at radius 3 is 2.65 bits per heavy atom. The van der Waals surface area contributed by atoms with E-state index in [4.69, 9.17) is 0 Å². The van der Waals surface area contributed by atoms with Gasteiger partial charge in [-0.05, 0) is 37.3 Å². The summed E-state index contributed by atoms with van der Waals surface area (Å²) in [5.74, 6) is -3.85. The zero-order valence-corrected chi connectivity index (χ0v) is 17.6. The lowest BCUT2D eigenvalue weighted by Crippen LogP contribution is -2.31. The van der Waals surface area contributed by atoms with Crippen LogP contribution in [0.3, 0.4) is 0 Å². The van der Waals surface area contributed by atoms with E-state index in [1.807, 2.05) is 0 Å². The summed E-state index contributed by atoms with van der Waals surface area (Å²) < 4.78 is 67.7. The number of amides is 1. The van der Waals surface area contributed by atoms with Gasteiger partial charge in [0.05, 0.1) is 10.6 Å². The number of carbonyl (C=O) groups excluding carboxylic acids is 1. The second kappa shape index (κ2) is 8.93. The molecule has 0 aliphatic carbocycles. The number of hydrogen-bond donors (Lipinski definition) is 1. The first-order valence-electron chi connectivity index (χ1n) is 9.40. The SMILES string of the molecule is CSc1cc(NC(=O)c2c(N3CCCC(F)(F)CC3)nnc(C(F)(F)F)c2C)ccn1. The van der Waals surface area contributed by atoms with E-state index >= 15 is 0 Å². The van der Waals surface area contributed by atoms with Gasteiger partial charge < -0.3 is 10.2 Å². The van der Waals surface area contributed by atoms with Crippen LogP contribution in [0.4, 0.5) is 33.5 Å². The van der Waals surface area contributed by atoms with E-state index < -0.39 is 35.7 Å². The summed E-state index contributed by atoms with van der Waals surface area (Å²) in [6.45, 7) is 1.10. The molecular weight excluding hydrogens is 441 g/mol. The topological polar surface area (TPSA) is 71.0 Å². The number of nitrogens with zero attached hydrogens (tertiary/aromatic N) is 4. The van der Waals surface area contributed by atoms with E-state index in [0.717, 1.165) is 6.92 Å². The molecule has 1 aliphatic rings. The Morgan fingerprint density at radius 2 is 1.97 bits per heavy atom. The van der Waals surface area contributed by atoms with Crippen LogP contribution in [0.25, 0.3) is 0 Å². The van der Waals surface area contributed by atoms with Gasteiger partial charge in [-0.1, -0.05) is 0 Å². The maximum Gasteiger partial charge on any atom is 0.435 e. The number of hydrogen-bond acceptors (Lipinski definition) is 6. The zero-order valence-electron chi connectivity index (χ0n) is 16.8. The number of halogens is 5. The van der Waals surface area contributed by atoms with Crippen molar-refractivity contribution in [3.8, 4) is 0 Å². The molecule has 168 valence electrons. The number of rotatable bonds is 4. The van der Waals surface area contributed by atoms with Crippen LogP contribution in [0.1, 0.15) is 40.9 Å². The Kier molecular flexibility index (Phi) is 6.68. The lowest BCUT2D eigenvalue weighted by molar-refractivity contribution is -0.142. The predicted molar refractivity (Wildman–Crippen MR) is 107 cm³/mol. The highest BCUT2D eigenvalue weighted by Gasteiger charge is 2.39.